The summed E-state index contributed by atoms with van der Waals surface area (Å²) in [6.07, 6.45) is -7.01. The third-order valence-electron chi connectivity index (χ3n) is 9.71. The average Bonchev–Trinajstić information content (AvgIpc) is 3.64. The van der Waals surface area contributed by atoms with Gasteiger partial charge in [0.1, 0.15) is 11.1 Å². The molecule has 2 amide bonds. The Balaban J connectivity index is 0.000000221. The van der Waals surface area contributed by atoms with E-state index in [1.807, 2.05) is 0 Å². The molecular weight excluding hydrogens is 788 g/mol. The van der Waals surface area contributed by atoms with Crippen LogP contribution in [-0.2, 0) is 18.9 Å². The van der Waals surface area contributed by atoms with E-state index in [2.05, 4.69) is 22.5 Å². The molecule has 6 rings (SSSR count). The molecule has 58 heavy (non-hydrogen) atoms. The number of carbonyl (C=O) groups is 2. The van der Waals surface area contributed by atoms with Gasteiger partial charge < -0.3 is 10.6 Å². The van der Waals surface area contributed by atoms with Crippen LogP contribution in [0.5, 0.6) is 0 Å². The van der Waals surface area contributed by atoms with E-state index in [9.17, 15) is 45.5 Å². The van der Waals surface area contributed by atoms with E-state index in [1.165, 1.54) is 42.5 Å². The predicted octanol–water partition coefficient (Wildman–Crippen LogP) is 8.13. The highest BCUT2D eigenvalue weighted by Gasteiger charge is 2.32. The molecule has 16 heteroatoms. The van der Waals surface area contributed by atoms with Crippen molar-refractivity contribution in [2.24, 2.45) is 0 Å². The zero-order chi connectivity index (χ0) is 42.4. The maximum Gasteiger partial charge on any atom is 0.416 e. The van der Waals surface area contributed by atoms with Crippen molar-refractivity contribution in [1.82, 2.24) is 24.7 Å². The number of halogens is 7. The summed E-state index contributed by atoms with van der Waals surface area (Å²) in [5.74, 6) is -1.16. The number of aromatic nitrogens is 2. The van der Waals surface area contributed by atoms with Crippen molar-refractivity contribution < 1.29 is 35.9 Å². The van der Waals surface area contributed by atoms with Crippen molar-refractivity contribution in [3.8, 4) is 11.4 Å². The SMILES string of the molecule is CCN1CCCC1CNC(=O)c1ccc(C)n(-c2cccc(C(F)(F)F)c2)c1=O.Cc1ccc(C(=O)NCc2ccccc2Cl)c(=O)n1-c1cccc(C(F)(F)F)c1. The molecule has 1 atom stereocenters. The van der Waals surface area contributed by atoms with Crippen LogP contribution < -0.4 is 21.8 Å². The second kappa shape index (κ2) is 18.3. The van der Waals surface area contributed by atoms with E-state index in [1.54, 1.807) is 44.2 Å². The lowest BCUT2D eigenvalue weighted by molar-refractivity contribution is -0.138. The smallest absolute Gasteiger partial charge is 0.350 e. The first-order chi connectivity index (χ1) is 27.4. The highest BCUT2D eigenvalue weighted by Crippen LogP contribution is 2.31. The van der Waals surface area contributed by atoms with Gasteiger partial charge in [0.25, 0.3) is 22.9 Å². The highest BCUT2D eigenvalue weighted by atomic mass is 35.5. The molecule has 2 aromatic heterocycles. The van der Waals surface area contributed by atoms with Crippen molar-refractivity contribution in [2.75, 3.05) is 19.6 Å². The summed E-state index contributed by atoms with van der Waals surface area (Å²) in [6, 6.07) is 21.9. The van der Waals surface area contributed by atoms with Gasteiger partial charge in [0.15, 0.2) is 0 Å². The van der Waals surface area contributed by atoms with E-state index < -0.39 is 46.4 Å². The van der Waals surface area contributed by atoms with Crippen LogP contribution in [0, 0.1) is 13.8 Å². The van der Waals surface area contributed by atoms with Crippen LogP contribution in [0.4, 0.5) is 26.3 Å². The van der Waals surface area contributed by atoms with Gasteiger partial charge in [0.2, 0.25) is 0 Å². The number of aryl methyl sites for hydroxylation is 2. The van der Waals surface area contributed by atoms with Crippen molar-refractivity contribution in [1.29, 1.82) is 0 Å². The Morgan fingerprint density at radius 2 is 1.21 bits per heavy atom. The normalized spacial score (nSPS) is 14.4. The lowest BCUT2D eigenvalue weighted by atomic mass is 10.1. The van der Waals surface area contributed by atoms with Crippen LogP contribution in [0.15, 0.2) is 107 Å². The van der Waals surface area contributed by atoms with Crippen molar-refractivity contribution in [3.63, 3.8) is 0 Å². The number of amides is 2. The fourth-order valence-corrected chi connectivity index (χ4v) is 6.85. The molecule has 0 bridgehead atoms. The number of carbonyl (C=O) groups excluding carboxylic acids is 2. The van der Waals surface area contributed by atoms with Gasteiger partial charge in [-0.05, 0) is 112 Å². The zero-order valence-electron chi connectivity index (χ0n) is 31.7. The maximum absolute atomic E-state index is 13.0. The number of hydrogen-bond donors (Lipinski definition) is 2. The molecule has 5 aromatic rings. The van der Waals surface area contributed by atoms with Crippen LogP contribution in [0.1, 0.15) is 68.6 Å². The number of nitrogens with zero attached hydrogens (tertiary/aromatic N) is 3. The fourth-order valence-electron chi connectivity index (χ4n) is 6.65. The summed E-state index contributed by atoms with van der Waals surface area (Å²) in [7, 11) is 0. The number of hydrogen-bond acceptors (Lipinski definition) is 5. The summed E-state index contributed by atoms with van der Waals surface area (Å²) in [4.78, 5) is 53.2. The predicted molar refractivity (Wildman–Crippen MR) is 209 cm³/mol. The number of alkyl halides is 6. The minimum atomic E-state index is -4.54. The Morgan fingerprint density at radius 1 is 0.707 bits per heavy atom. The van der Waals surface area contributed by atoms with E-state index in [4.69, 9.17) is 11.6 Å². The Hall–Kier alpha value is -5.67. The molecule has 1 aliphatic rings. The van der Waals surface area contributed by atoms with Gasteiger partial charge in [-0.15, -0.1) is 0 Å². The molecule has 1 aliphatic heterocycles. The molecule has 0 radical (unpaired) electrons. The number of likely N-dealkylation sites (N-methyl/N-ethyl adjacent to an activating group) is 1. The molecule has 9 nitrogen and oxygen atoms in total. The number of rotatable bonds is 9. The highest BCUT2D eigenvalue weighted by molar-refractivity contribution is 6.31. The molecule has 2 N–H and O–H groups in total. The summed E-state index contributed by atoms with van der Waals surface area (Å²) < 4.78 is 80.4. The molecule has 3 heterocycles. The second-order valence-electron chi connectivity index (χ2n) is 13.6. The quantitative estimate of drug-likeness (QED) is 0.146. The van der Waals surface area contributed by atoms with Crippen LogP contribution in [0.3, 0.4) is 0 Å². The van der Waals surface area contributed by atoms with E-state index >= 15 is 0 Å². The monoisotopic (exact) mass is 827 g/mol. The summed E-state index contributed by atoms with van der Waals surface area (Å²) >= 11 is 6.05. The first kappa shape index (κ1) is 43.5. The Labute approximate surface area is 334 Å². The lowest BCUT2D eigenvalue weighted by Gasteiger charge is -2.23. The van der Waals surface area contributed by atoms with Crippen molar-refractivity contribution in [3.05, 3.63) is 162 Å². The Bertz CT molecular complexity index is 2410. The van der Waals surface area contributed by atoms with Crippen LogP contribution in [-0.4, -0.2) is 51.5 Å². The fraction of sp³-hybridized carbons (Fsp3) is 0.286. The van der Waals surface area contributed by atoms with Gasteiger partial charge in [-0.2, -0.15) is 26.3 Å². The molecule has 1 saturated heterocycles. The molecule has 306 valence electrons. The van der Waals surface area contributed by atoms with Crippen LogP contribution >= 0.6 is 11.6 Å². The topological polar surface area (TPSA) is 105 Å². The molecule has 0 aliphatic carbocycles. The van der Waals surface area contributed by atoms with E-state index in [-0.39, 0.29) is 35.1 Å². The number of likely N-dealkylation sites (tertiary alicyclic amines) is 1. The number of nitrogens with one attached hydrogen (secondary N) is 2. The van der Waals surface area contributed by atoms with Gasteiger partial charge in [0, 0.05) is 46.9 Å². The number of pyridine rings is 2. The molecule has 0 spiro atoms. The minimum Gasteiger partial charge on any atom is -0.350 e. The third-order valence-corrected chi connectivity index (χ3v) is 10.1. The maximum atomic E-state index is 13.0. The third kappa shape index (κ3) is 10.2. The van der Waals surface area contributed by atoms with Gasteiger partial charge in [0.05, 0.1) is 11.1 Å². The lowest BCUT2D eigenvalue weighted by Crippen LogP contribution is -2.41. The molecule has 1 fully saturated rings. The molecule has 3 aromatic carbocycles. The average molecular weight is 828 g/mol. The van der Waals surface area contributed by atoms with Gasteiger partial charge in [-0.3, -0.25) is 33.2 Å². The zero-order valence-corrected chi connectivity index (χ0v) is 32.4. The molecular formula is C42H40ClF6N5O4. The van der Waals surface area contributed by atoms with Crippen molar-refractivity contribution in [2.45, 2.75) is 58.6 Å². The van der Waals surface area contributed by atoms with Gasteiger partial charge in [-0.1, -0.05) is 48.9 Å². The van der Waals surface area contributed by atoms with Gasteiger partial charge >= 0.3 is 12.4 Å². The first-order valence-electron chi connectivity index (χ1n) is 18.2. The summed E-state index contributed by atoms with van der Waals surface area (Å²) in [6.45, 7) is 7.68. The minimum absolute atomic E-state index is 0.0306. The summed E-state index contributed by atoms with van der Waals surface area (Å²) in [5, 5.41) is 5.89. The standard InChI is InChI=1S/C21H16ClF3N2O2.C21H24F3N3O2/c1-13-9-10-17(19(28)26-12-14-5-2-3-8-18(14)22)20(29)27(13)16-7-4-6-15(11-16)21(23,24)25;1-3-26-11-5-8-17(26)13-25-19(28)18-10-9-14(2)27(20(18)29)16-7-4-6-15(12-16)21(22,23)24/h2-11H,12H2,1H3,(H,26,28);4,6-7,9-10,12,17H,3,5,8,11,13H2,1-2H3,(H,25,28). The molecule has 1 unspecified atom stereocenters. The van der Waals surface area contributed by atoms with Crippen LogP contribution in [0.2, 0.25) is 5.02 Å². The van der Waals surface area contributed by atoms with Crippen molar-refractivity contribution >= 4 is 23.4 Å². The van der Waals surface area contributed by atoms with Gasteiger partial charge in [-0.25, -0.2) is 0 Å². The Kier molecular flexibility index (Phi) is 13.7. The second-order valence-corrected chi connectivity index (χ2v) is 14.0. The first-order valence-corrected chi connectivity index (χ1v) is 18.6. The largest absolute Gasteiger partial charge is 0.416 e. The van der Waals surface area contributed by atoms with Crippen LogP contribution in [0.25, 0.3) is 11.4 Å². The Morgan fingerprint density at radius 3 is 1.69 bits per heavy atom. The van der Waals surface area contributed by atoms with E-state index in [0.717, 1.165) is 59.3 Å². The number of benzene rings is 3. The van der Waals surface area contributed by atoms with E-state index in [0.29, 0.717) is 28.5 Å². The molecule has 0 saturated carbocycles. The summed E-state index contributed by atoms with van der Waals surface area (Å²) in [5.41, 5.74) is -1.72.